The number of hydrogen-bond acceptors (Lipinski definition) is 2. The number of nitrogens with two attached hydrogens (primary N) is 2. The standard InChI is InChI=1S/C13H13FN2.2ClH/c1-8-2-3-9(14)6-11(8)12-7-10(15)4-5-13(12)16;;/h2-7H,15-16H2,1H3;2*1H. The second kappa shape index (κ2) is 6.47. The summed E-state index contributed by atoms with van der Waals surface area (Å²) >= 11 is 0. The maximum atomic E-state index is 13.2. The predicted octanol–water partition coefficient (Wildman–Crippen LogP) is 3.81. The molecular formula is C13H15Cl2FN2. The maximum Gasteiger partial charge on any atom is 0.123 e. The minimum absolute atomic E-state index is 0. The molecule has 0 aliphatic rings. The Hall–Kier alpha value is -1.45. The first kappa shape index (κ1) is 16.6. The Bertz CT molecular complexity index is 495. The average Bonchev–Trinajstić information content (AvgIpc) is 2.25. The fourth-order valence-corrected chi connectivity index (χ4v) is 1.69. The van der Waals surface area contributed by atoms with Crippen molar-refractivity contribution in [2.24, 2.45) is 0 Å². The molecule has 0 unspecified atom stereocenters. The van der Waals surface area contributed by atoms with Crippen molar-refractivity contribution in [3.63, 3.8) is 0 Å². The fraction of sp³-hybridized carbons (Fsp3) is 0.0769. The molecule has 0 amide bonds. The van der Waals surface area contributed by atoms with Crippen molar-refractivity contribution >= 4 is 36.2 Å². The van der Waals surface area contributed by atoms with Crippen LogP contribution in [0.25, 0.3) is 11.1 Å². The van der Waals surface area contributed by atoms with E-state index in [9.17, 15) is 4.39 Å². The van der Waals surface area contributed by atoms with Crippen LogP contribution in [0.15, 0.2) is 36.4 Å². The smallest absolute Gasteiger partial charge is 0.123 e. The van der Waals surface area contributed by atoms with Crippen molar-refractivity contribution in [1.29, 1.82) is 0 Å². The van der Waals surface area contributed by atoms with Gasteiger partial charge in [0.15, 0.2) is 0 Å². The van der Waals surface area contributed by atoms with E-state index < -0.39 is 0 Å². The third-order valence-corrected chi connectivity index (χ3v) is 2.57. The molecule has 2 rings (SSSR count). The molecule has 5 heteroatoms. The molecule has 0 aliphatic carbocycles. The lowest BCUT2D eigenvalue weighted by molar-refractivity contribution is 0.628. The minimum Gasteiger partial charge on any atom is -0.399 e. The zero-order valence-electron chi connectivity index (χ0n) is 9.81. The molecule has 0 saturated heterocycles. The second-order valence-electron chi connectivity index (χ2n) is 3.81. The van der Waals surface area contributed by atoms with Gasteiger partial charge in [-0.15, -0.1) is 24.8 Å². The van der Waals surface area contributed by atoms with E-state index in [1.807, 2.05) is 6.92 Å². The molecular weight excluding hydrogens is 274 g/mol. The second-order valence-corrected chi connectivity index (χ2v) is 3.81. The summed E-state index contributed by atoms with van der Waals surface area (Å²) in [7, 11) is 0. The van der Waals surface area contributed by atoms with E-state index in [0.29, 0.717) is 11.4 Å². The van der Waals surface area contributed by atoms with Crippen molar-refractivity contribution in [2.75, 3.05) is 11.5 Å². The SMILES string of the molecule is Cc1ccc(F)cc1-c1cc(N)ccc1N.Cl.Cl. The van der Waals surface area contributed by atoms with Crippen molar-refractivity contribution < 1.29 is 4.39 Å². The molecule has 18 heavy (non-hydrogen) atoms. The van der Waals surface area contributed by atoms with Gasteiger partial charge < -0.3 is 11.5 Å². The third kappa shape index (κ3) is 3.28. The Morgan fingerprint density at radius 1 is 0.889 bits per heavy atom. The van der Waals surface area contributed by atoms with Crippen molar-refractivity contribution in [1.82, 2.24) is 0 Å². The number of anilines is 2. The Morgan fingerprint density at radius 2 is 1.56 bits per heavy atom. The number of nitrogen functional groups attached to an aromatic ring is 2. The highest BCUT2D eigenvalue weighted by atomic mass is 35.5. The first-order valence-electron chi connectivity index (χ1n) is 4.99. The summed E-state index contributed by atoms with van der Waals surface area (Å²) in [6.45, 7) is 1.91. The van der Waals surface area contributed by atoms with E-state index in [1.54, 1.807) is 24.3 Å². The van der Waals surface area contributed by atoms with Crippen LogP contribution >= 0.6 is 24.8 Å². The van der Waals surface area contributed by atoms with Crippen LogP contribution in [0, 0.1) is 12.7 Å². The van der Waals surface area contributed by atoms with Crippen LogP contribution in [0.1, 0.15) is 5.56 Å². The predicted molar refractivity (Wildman–Crippen MR) is 79.9 cm³/mol. The zero-order chi connectivity index (χ0) is 11.7. The third-order valence-electron chi connectivity index (χ3n) is 2.57. The van der Waals surface area contributed by atoms with Crippen molar-refractivity contribution in [3.05, 3.63) is 47.8 Å². The van der Waals surface area contributed by atoms with Gasteiger partial charge in [-0.2, -0.15) is 0 Å². The van der Waals surface area contributed by atoms with E-state index in [2.05, 4.69) is 0 Å². The van der Waals surface area contributed by atoms with Crippen LogP contribution in [0.5, 0.6) is 0 Å². The normalized spacial score (nSPS) is 9.22. The van der Waals surface area contributed by atoms with E-state index in [-0.39, 0.29) is 30.6 Å². The van der Waals surface area contributed by atoms with Crippen LogP contribution in [-0.4, -0.2) is 0 Å². The van der Waals surface area contributed by atoms with Gasteiger partial charge in [-0.1, -0.05) is 6.07 Å². The molecule has 2 aromatic carbocycles. The first-order chi connectivity index (χ1) is 7.58. The van der Waals surface area contributed by atoms with E-state index >= 15 is 0 Å². The van der Waals surface area contributed by atoms with Gasteiger partial charge in [0.05, 0.1) is 0 Å². The Labute approximate surface area is 118 Å². The largest absolute Gasteiger partial charge is 0.399 e. The molecule has 0 spiro atoms. The van der Waals surface area contributed by atoms with Crippen LogP contribution < -0.4 is 11.5 Å². The lowest BCUT2D eigenvalue weighted by Crippen LogP contribution is -1.94. The molecule has 0 bridgehead atoms. The number of halogens is 3. The molecule has 0 aromatic heterocycles. The molecule has 0 atom stereocenters. The lowest BCUT2D eigenvalue weighted by Gasteiger charge is -2.10. The van der Waals surface area contributed by atoms with Crippen molar-refractivity contribution in [3.8, 4) is 11.1 Å². The minimum atomic E-state index is -0.276. The highest BCUT2D eigenvalue weighted by Crippen LogP contribution is 2.30. The van der Waals surface area contributed by atoms with Gasteiger partial charge in [0.25, 0.3) is 0 Å². The van der Waals surface area contributed by atoms with Crippen LogP contribution in [0.2, 0.25) is 0 Å². The van der Waals surface area contributed by atoms with E-state index in [1.165, 1.54) is 12.1 Å². The molecule has 0 radical (unpaired) electrons. The van der Waals surface area contributed by atoms with E-state index in [4.69, 9.17) is 11.5 Å². The summed E-state index contributed by atoms with van der Waals surface area (Å²) in [5.41, 5.74) is 15.3. The number of benzene rings is 2. The molecule has 98 valence electrons. The van der Waals surface area contributed by atoms with Gasteiger partial charge in [-0.3, -0.25) is 0 Å². The highest BCUT2D eigenvalue weighted by Gasteiger charge is 2.07. The topological polar surface area (TPSA) is 52.0 Å². The summed E-state index contributed by atoms with van der Waals surface area (Å²) in [6, 6.07) is 9.86. The number of aryl methyl sites for hydroxylation is 1. The quantitative estimate of drug-likeness (QED) is 0.784. The summed E-state index contributed by atoms with van der Waals surface area (Å²) in [5.74, 6) is -0.276. The number of rotatable bonds is 1. The Morgan fingerprint density at radius 3 is 2.22 bits per heavy atom. The van der Waals surface area contributed by atoms with Gasteiger partial charge in [0, 0.05) is 16.9 Å². The van der Waals surface area contributed by atoms with Gasteiger partial charge in [-0.25, -0.2) is 4.39 Å². The average molecular weight is 289 g/mol. The molecule has 0 aliphatic heterocycles. The molecule has 0 heterocycles. The molecule has 2 nitrogen and oxygen atoms in total. The fourth-order valence-electron chi connectivity index (χ4n) is 1.69. The summed E-state index contributed by atoms with van der Waals surface area (Å²) in [5, 5.41) is 0. The van der Waals surface area contributed by atoms with Gasteiger partial charge in [0.2, 0.25) is 0 Å². The van der Waals surface area contributed by atoms with Crippen LogP contribution in [0.3, 0.4) is 0 Å². The first-order valence-corrected chi connectivity index (χ1v) is 4.99. The monoisotopic (exact) mass is 288 g/mol. The van der Waals surface area contributed by atoms with Gasteiger partial charge in [-0.05, 0) is 48.4 Å². The van der Waals surface area contributed by atoms with Gasteiger partial charge >= 0.3 is 0 Å². The summed E-state index contributed by atoms with van der Waals surface area (Å²) in [4.78, 5) is 0. The summed E-state index contributed by atoms with van der Waals surface area (Å²) < 4.78 is 13.2. The Kier molecular flexibility index (Phi) is 5.95. The van der Waals surface area contributed by atoms with Gasteiger partial charge in [0.1, 0.15) is 5.82 Å². The zero-order valence-corrected chi connectivity index (χ0v) is 11.4. The molecule has 0 saturated carbocycles. The highest BCUT2D eigenvalue weighted by molar-refractivity contribution is 5.85. The lowest BCUT2D eigenvalue weighted by atomic mass is 9.98. The molecule has 2 aromatic rings. The van der Waals surface area contributed by atoms with Crippen LogP contribution in [-0.2, 0) is 0 Å². The summed E-state index contributed by atoms with van der Waals surface area (Å²) in [6.07, 6.45) is 0. The van der Waals surface area contributed by atoms with Crippen LogP contribution in [0.4, 0.5) is 15.8 Å². The molecule has 0 fully saturated rings. The Balaban J connectivity index is 0.00000144. The van der Waals surface area contributed by atoms with Crippen molar-refractivity contribution in [2.45, 2.75) is 6.92 Å². The maximum absolute atomic E-state index is 13.2. The molecule has 4 N–H and O–H groups in total. The van der Waals surface area contributed by atoms with E-state index in [0.717, 1.165) is 16.7 Å². The number of hydrogen-bond donors (Lipinski definition) is 2.